The Labute approximate surface area is 159 Å². The molecule has 3 aromatic rings. The number of hydrogen-bond donors (Lipinski definition) is 2. The minimum atomic E-state index is -1.23. The number of methoxy groups -OCH3 is 1. The van der Waals surface area contributed by atoms with Crippen LogP contribution in [0.4, 0.5) is 8.78 Å². The summed E-state index contributed by atoms with van der Waals surface area (Å²) in [5.74, 6) is -2.80. The maximum atomic E-state index is 13.6. The number of rotatable bonds is 5. The van der Waals surface area contributed by atoms with Crippen LogP contribution >= 0.6 is 0 Å². The van der Waals surface area contributed by atoms with Crippen LogP contribution in [-0.4, -0.2) is 26.0 Å². The fraction of sp³-hybridized carbons (Fsp3) is 0.200. The van der Waals surface area contributed by atoms with Gasteiger partial charge in [0.2, 0.25) is 5.91 Å². The Bertz CT molecular complexity index is 1060. The molecular formula is C20H18F2N2O4. The van der Waals surface area contributed by atoms with Gasteiger partial charge >= 0.3 is 0 Å². The molecule has 8 heteroatoms. The van der Waals surface area contributed by atoms with Gasteiger partial charge in [0.25, 0.3) is 5.91 Å². The van der Waals surface area contributed by atoms with Crippen LogP contribution < -0.4 is 15.4 Å². The zero-order chi connectivity index (χ0) is 20.4. The fourth-order valence-electron chi connectivity index (χ4n) is 2.88. The summed E-state index contributed by atoms with van der Waals surface area (Å²) in [5, 5.41) is 5.59. The van der Waals surface area contributed by atoms with Gasteiger partial charge in [-0.3, -0.25) is 9.59 Å². The van der Waals surface area contributed by atoms with E-state index in [1.165, 1.54) is 20.2 Å². The van der Waals surface area contributed by atoms with Gasteiger partial charge in [0.1, 0.15) is 17.4 Å². The number of likely N-dealkylation sites (N-methyl/N-ethyl adjacent to an activating group) is 1. The van der Waals surface area contributed by atoms with E-state index in [2.05, 4.69) is 10.6 Å². The van der Waals surface area contributed by atoms with E-state index in [4.69, 9.17) is 9.15 Å². The van der Waals surface area contributed by atoms with Gasteiger partial charge in [-0.05, 0) is 42.8 Å². The minimum absolute atomic E-state index is 0.0136. The van der Waals surface area contributed by atoms with Gasteiger partial charge in [-0.15, -0.1) is 0 Å². The predicted octanol–water partition coefficient (Wildman–Crippen LogP) is 3.25. The lowest BCUT2D eigenvalue weighted by molar-refractivity contribution is -0.122. The molecule has 2 amide bonds. The molecule has 146 valence electrons. The van der Waals surface area contributed by atoms with E-state index in [-0.39, 0.29) is 11.3 Å². The molecule has 6 nitrogen and oxygen atoms in total. The van der Waals surface area contributed by atoms with E-state index in [1.54, 1.807) is 25.1 Å². The van der Waals surface area contributed by atoms with Crippen molar-refractivity contribution in [3.8, 4) is 5.75 Å². The van der Waals surface area contributed by atoms with Crippen LogP contribution in [0.5, 0.6) is 5.75 Å². The van der Waals surface area contributed by atoms with Crippen molar-refractivity contribution in [2.24, 2.45) is 0 Å². The number of ether oxygens (including phenoxy) is 1. The Morgan fingerprint density at radius 2 is 1.86 bits per heavy atom. The number of aryl methyl sites for hydroxylation is 1. The SMILES string of the molecule is CNC(=O)C(NC(=O)c1oc2ccc(OC)cc2c1C)c1ccc(F)c(F)c1. The third-order valence-corrected chi connectivity index (χ3v) is 4.41. The molecule has 0 spiro atoms. The van der Waals surface area contributed by atoms with Crippen molar-refractivity contribution in [2.45, 2.75) is 13.0 Å². The van der Waals surface area contributed by atoms with Crippen molar-refractivity contribution in [1.82, 2.24) is 10.6 Å². The summed E-state index contributed by atoms with van der Waals surface area (Å²) in [4.78, 5) is 25.0. The Morgan fingerprint density at radius 3 is 2.50 bits per heavy atom. The highest BCUT2D eigenvalue weighted by molar-refractivity contribution is 6.01. The van der Waals surface area contributed by atoms with Crippen LogP contribution in [0.3, 0.4) is 0 Å². The Kier molecular flexibility index (Phi) is 5.30. The molecule has 1 aromatic heterocycles. The van der Waals surface area contributed by atoms with Gasteiger partial charge < -0.3 is 19.8 Å². The van der Waals surface area contributed by atoms with Gasteiger partial charge in [0, 0.05) is 18.0 Å². The summed E-state index contributed by atoms with van der Waals surface area (Å²) in [6.45, 7) is 1.70. The average molecular weight is 388 g/mol. The molecule has 0 saturated carbocycles. The molecule has 1 heterocycles. The van der Waals surface area contributed by atoms with Crippen molar-refractivity contribution in [2.75, 3.05) is 14.2 Å². The molecule has 0 saturated heterocycles. The second-order valence-electron chi connectivity index (χ2n) is 6.11. The zero-order valence-electron chi connectivity index (χ0n) is 15.4. The second-order valence-corrected chi connectivity index (χ2v) is 6.11. The Morgan fingerprint density at radius 1 is 1.11 bits per heavy atom. The van der Waals surface area contributed by atoms with E-state index >= 15 is 0 Å². The van der Waals surface area contributed by atoms with Crippen molar-refractivity contribution in [3.63, 3.8) is 0 Å². The molecule has 28 heavy (non-hydrogen) atoms. The molecule has 0 bridgehead atoms. The molecular weight excluding hydrogens is 370 g/mol. The summed E-state index contributed by atoms with van der Waals surface area (Å²) < 4.78 is 37.6. The summed E-state index contributed by atoms with van der Waals surface area (Å²) >= 11 is 0. The highest BCUT2D eigenvalue weighted by atomic mass is 19.2. The van der Waals surface area contributed by atoms with Gasteiger partial charge in [-0.25, -0.2) is 8.78 Å². The van der Waals surface area contributed by atoms with Crippen molar-refractivity contribution >= 4 is 22.8 Å². The van der Waals surface area contributed by atoms with E-state index < -0.39 is 29.5 Å². The smallest absolute Gasteiger partial charge is 0.288 e. The van der Waals surface area contributed by atoms with E-state index in [0.29, 0.717) is 22.3 Å². The number of nitrogens with one attached hydrogen (secondary N) is 2. The molecule has 2 N–H and O–H groups in total. The molecule has 3 rings (SSSR count). The van der Waals surface area contributed by atoms with Crippen molar-refractivity contribution in [3.05, 3.63) is 64.9 Å². The maximum absolute atomic E-state index is 13.6. The number of carbonyl (C=O) groups excluding carboxylic acids is 2. The predicted molar refractivity (Wildman–Crippen MR) is 98.1 cm³/mol. The molecule has 0 radical (unpaired) electrons. The van der Waals surface area contributed by atoms with Crippen molar-refractivity contribution in [1.29, 1.82) is 0 Å². The van der Waals surface area contributed by atoms with Crippen LogP contribution in [0.2, 0.25) is 0 Å². The summed E-state index contributed by atoms with van der Waals surface area (Å²) in [5.41, 5.74) is 1.14. The Hall–Kier alpha value is -3.42. The lowest BCUT2D eigenvalue weighted by atomic mass is 10.0. The number of hydrogen-bond acceptors (Lipinski definition) is 4. The lowest BCUT2D eigenvalue weighted by Gasteiger charge is -2.17. The lowest BCUT2D eigenvalue weighted by Crippen LogP contribution is -2.39. The van der Waals surface area contributed by atoms with Crippen molar-refractivity contribution < 1.29 is 27.5 Å². The molecule has 0 aliphatic rings. The summed E-state index contributed by atoms with van der Waals surface area (Å²) in [6, 6.07) is 6.86. The van der Waals surface area contributed by atoms with E-state index in [9.17, 15) is 18.4 Å². The minimum Gasteiger partial charge on any atom is -0.497 e. The monoisotopic (exact) mass is 388 g/mol. The largest absolute Gasteiger partial charge is 0.497 e. The van der Waals surface area contributed by atoms with Gasteiger partial charge in [0.15, 0.2) is 17.4 Å². The van der Waals surface area contributed by atoms with E-state index in [0.717, 1.165) is 12.1 Å². The topological polar surface area (TPSA) is 80.6 Å². The zero-order valence-corrected chi connectivity index (χ0v) is 15.4. The molecule has 0 fully saturated rings. The summed E-state index contributed by atoms with van der Waals surface area (Å²) in [6.07, 6.45) is 0. The normalized spacial score (nSPS) is 11.9. The van der Waals surface area contributed by atoms with Crippen LogP contribution in [-0.2, 0) is 4.79 Å². The highest BCUT2D eigenvalue weighted by Crippen LogP contribution is 2.29. The van der Waals surface area contributed by atoms with Crippen LogP contribution in [0.15, 0.2) is 40.8 Å². The number of halogens is 2. The first kappa shape index (κ1) is 19.3. The number of carbonyl (C=O) groups is 2. The first-order valence-corrected chi connectivity index (χ1v) is 8.40. The fourth-order valence-corrected chi connectivity index (χ4v) is 2.88. The highest BCUT2D eigenvalue weighted by Gasteiger charge is 2.26. The van der Waals surface area contributed by atoms with Crippen LogP contribution in [0.1, 0.15) is 27.7 Å². The molecule has 0 aliphatic heterocycles. The first-order valence-electron chi connectivity index (χ1n) is 8.40. The molecule has 1 atom stereocenters. The van der Waals surface area contributed by atoms with Gasteiger partial charge in [-0.1, -0.05) is 6.07 Å². The number of furan rings is 1. The van der Waals surface area contributed by atoms with Gasteiger partial charge in [-0.2, -0.15) is 0 Å². The Balaban J connectivity index is 1.96. The number of amides is 2. The molecule has 1 unspecified atom stereocenters. The number of benzene rings is 2. The summed E-state index contributed by atoms with van der Waals surface area (Å²) in [7, 11) is 2.90. The van der Waals surface area contributed by atoms with Gasteiger partial charge in [0.05, 0.1) is 7.11 Å². The van der Waals surface area contributed by atoms with E-state index in [1.807, 2.05) is 0 Å². The second kappa shape index (κ2) is 7.67. The number of fused-ring (bicyclic) bond motifs is 1. The third-order valence-electron chi connectivity index (χ3n) is 4.41. The maximum Gasteiger partial charge on any atom is 0.288 e. The quantitative estimate of drug-likeness (QED) is 0.703. The standard InChI is InChI=1S/C20H18F2N2O4/c1-10-13-9-12(27-3)5-7-16(13)28-18(10)20(26)24-17(19(25)23-2)11-4-6-14(21)15(22)8-11/h4-9,17H,1-3H3,(H,23,25)(H,24,26). The first-order chi connectivity index (χ1) is 13.3. The van der Waals surface area contributed by atoms with Crippen LogP contribution in [0.25, 0.3) is 11.0 Å². The average Bonchev–Trinajstić information content (AvgIpc) is 3.03. The molecule has 0 aliphatic carbocycles. The molecule has 2 aromatic carbocycles. The van der Waals surface area contributed by atoms with Crippen LogP contribution in [0, 0.1) is 18.6 Å². The third kappa shape index (κ3) is 3.53.